The first-order chi connectivity index (χ1) is 5.79. The molecule has 0 aromatic rings. The van der Waals surface area contributed by atoms with Gasteiger partial charge in [-0.2, -0.15) is 0 Å². The van der Waals surface area contributed by atoms with Crippen molar-refractivity contribution in [3.8, 4) is 0 Å². The molecule has 0 radical (unpaired) electrons. The van der Waals surface area contributed by atoms with Crippen LogP contribution in [0, 0.1) is 41.4 Å². The molecule has 64 valence electrons. The van der Waals surface area contributed by atoms with Crippen molar-refractivity contribution in [3.05, 3.63) is 0 Å². The molecule has 7 atom stereocenters. The Balaban J connectivity index is 1.79. The van der Waals surface area contributed by atoms with E-state index in [1.54, 1.807) is 0 Å². The zero-order chi connectivity index (χ0) is 8.03. The Kier molecular flexibility index (Phi) is 0.724. The lowest BCUT2D eigenvalue weighted by Crippen LogP contribution is -2.22. The largest absolute Gasteiger partial charge is 0.481 e. The first-order valence-corrected chi connectivity index (χ1v) is 5.02. The van der Waals surface area contributed by atoms with Crippen molar-refractivity contribution in [2.75, 3.05) is 0 Å². The van der Waals surface area contributed by atoms with E-state index in [4.69, 9.17) is 5.11 Å². The van der Waals surface area contributed by atoms with Crippen LogP contribution in [0.4, 0.5) is 0 Å². The van der Waals surface area contributed by atoms with E-state index in [1.807, 2.05) is 0 Å². The summed E-state index contributed by atoms with van der Waals surface area (Å²) in [6.45, 7) is 0. The predicted octanol–water partition coefficient (Wildman–Crippen LogP) is 1.22. The van der Waals surface area contributed by atoms with Crippen LogP contribution in [-0.2, 0) is 4.79 Å². The molecule has 5 aliphatic rings. The molecule has 0 amide bonds. The molecule has 2 heteroatoms. The average molecular weight is 164 g/mol. The van der Waals surface area contributed by atoms with Crippen LogP contribution >= 0.6 is 0 Å². The summed E-state index contributed by atoms with van der Waals surface area (Å²) in [6, 6.07) is 0. The first-order valence-electron chi connectivity index (χ1n) is 5.02. The van der Waals surface area contributed by atoms with E-state index in [0.717, 1.165) is 36.0 Å². The van der Waals surface area contributed by atoms with Crippen LogP contribution in [0.15, 0.2) is 0 Å². The quantitative estimate of drug-likeness (QED) is 0.632. The molecule has 0 aromatic carbocycles. The van der Waals surface area contributed by atoms with Gasteiger partial charge in [0.25, 0.3) is 0 Å². The van der Waals surface area contributed by atoms with Crippen LogP contribution in [0.1, 0.15) is 12.8 Å². The first kappa shape index (κ1) is 6.01. The summed E-state index contributed by atoms with van der Waals surface area (Å²) in [5.74, 6) is 4.67. The van der Waals surface area contributed by atoms with Crippen molar-refractivity contribution >= 4 is 5.97 Å². The molecule has 0 aromatic heterocycles. The fourth-order valence-electron chi connectivity index (χ4n) is 5.00. The summed E-state index contributed by atoms with van der Waals surface area (Å²) < 4.78 is 0. The summed E-state index contributed by atoms with van der Waals surface area (Å²) in [4.78, 5) is 10.9. The third-order valence-corrected chi connectivity index (χ3v) is 5.13. The van der Waals surface area contributed by atoms with Crippen LogP contribution in [0.25, 0.3) is 0 Å². The lowest BCUT2D eigenvalue weighted by Gasteiger charge is -2.16. The summed E-state index contributed by atoms with van der Waals surface area (Å²) in [7, 11) is 0. The average Bonchev–Trinajstić information content (AvgIpc) is 2.45. The van der Waals surface area contributed by atoms with Gasteiger partial charge in [0, 0.05) is 0 Å². The summed E-state index contributed by atoms with van der Waals surface area (Å²) in [6.07, 6.45) is 2.40. The molecule has 12 heavy (non-hydrogen) atoms. The van der Waals surface area contributed by atoms with Crippen molar-refractivity contribution in [3.63, 3.8) is 0 Å². The van der Waals surface area contributed by atoms with E-state index >= 15 is 0 Å². The Morgan fingerprint density at radius 3 is 2.25 bits per heavy atom. The molecule has 2 nitrogen and oxygen atoms in total. The summed E-state index contributed by atoms with van der Waals surface area (Å²) >= 11 is 0. The van der Waals surface area contributed by atoms with Crippen LogP contribution in [-0.4, -0.2) is 11.1 Å². The molecular weight excluding hydrogens is 152 g/mol. The van der Waals surface area contributed by atoms with Crippen LogP contribution < -0.4 is 0 Å². The van der Waals surface area contributed by atoms with Gasteiger partial charge in [-0.3, -0.25) is 4.79 Å². The Morgan fingerprint density at radius 2 is 1.75 bits per heavy atom. The van der Waals surface area contributed by atoms with Gasteiger partial charge in [0.1, 0.15) is 0 Å². The van der Waals surface area contributed by atoms with E-state index in [2.05, 4.69) is 0 Å². The molecule has 0 unspecified atom stereocenters. The standard InChI is InChI=1S/C10H12O2/c11-10(12)6-2-4-3-1-5-7(4)9(5)8(3)6/h3-9H,1-2H2,(H,11,12)/t3-,4+,5+,6-,7+,8-,9+/m1/s1. The third-order valence-electron chi connectivity index (χ3n) is 5.13. The third kappa shape index (κ3) is 0.395. The van der Waals surface area contributed by atoms with Crippen molar-refractivity contribution < 1.29 is 9.90 Å². The predicted molar refractivity (Wildman–Crippen MR) is 41.3 cm³/mol. The van der Waals surface area contributed by atoms with Crippen molar-refractivity contribution in [1.82, 2.24) is 0 Å². The molecule has 0 saturated heterocycles. The number of aliphatic carboxylic acids is 1. The normalized spacial score (nSPS) is 68.8. The van der Waals surface area contributed by atoms with E-state index in [1.165, 1.54) is 6.42 Å². The zero-order valence-corrected chi connectivity index (χ0v) is 6.81. The van der Waals surface area contributed by atoms with E-state index < -0.39 is 5.97 Å². The highest BCUT2D eigenvalue weighted by atomic mass is 16.4. The Labute approximate surface area is 71.0 Å². The minimum Gasteiger partial charge on any atom is -0.481 e. The number of carboxylic acid groups (broad SMARTS) is 1. The topological polar surface area (TPSA) is 37.3 Å². The van der Waals surface area contributed by atoms with Gasteiger partial charge in [-0.25, -0.2) is 0 Å². The minimum absolute atomic E-state index is 0.0498. The smallest absolute Gasteiger partial charge is 0.306 e. The highest BCUT2D eigenvalue weighted by Crippen LogP contribution is 2.82. The number of hydrogen-bond acceptors (Lipinski definition) is 1. The Bertz CT molecular complexity index is 286. The van der Waals surface area contributed by atoms with Gasteiger partial charge >= 0.3 is 5.97 Å². The molecule has 0 aliphatic heterocycles. The number of carboxylic acids is 1. The maximum absolute atomic E-state index is 10.9. The SMILES string of the molecule is O=C(O)[C@@H]1C[C@H]2[C@H]3C[C@H]4[C@H]2[C@H]4[C@H]31. The highest BCUT2D eigenvalue weighted by Gasteiger charge is 2.78. The van der Waals surface area contributed by atoms with E-state index in [9.17, 15) is 4.79 Å². The van der Waals surface area contributed by atoms with Crippen molar-refractivity contribution in [2.45, 2.75) is 12.8 Å². The zero-order valence-electron chi connectivity index (χ0n) is 6.81. The molecule has 0 heterocycles. The molecule has 1 N–H and O–H groups in total. The van der Waals surface area contributed by atoms with Gasteiger partial charge in [-0.15, -0.1) is 0 Å². The molecule has 5 saturated carbocycles. The molecule has 5 rings (SSSR count). The number of rotatable bonds is 1. The second kappa shape index (κ2) is 1.45. The van der Waals surface area contributed by atoms with E-state index in [0.29, 0.717) is 5.92 Å². The summed E-state index contributed by atoms with van der Waals surface area (Å²) in [5, 5.41) is 9.01. The fraction of sp³-hybridized carbons (Fsp3) is 0.900. The lowest BCUT2D eigenvalue weighted by atomic mass is 9.88. The molecule has 5 aliphatic carbocycles. The maximum atomic E-state index is 10.9. The van der Waals surface area contributed by atoms with Crippen LogP contribution in [0.5, 0.6) is 0 Å². The van der Waals surface area contributed by atoms with Gasteiger partial charge in [0.05, 0.1) is 5.92 Å². The van der Waals surface area contributed by atoms with Crippen molar-refractivity contribution in [2.24, 2.45) is 41.4 Å². The Morgan fingerprint density at radius 1 is 1.00 bits per heavy atom. The monoisotopic (exact) mass is 164 g/mol. The van der Waals surface area contributed by atoms with Gasteiger partial charge in [-0.1, -0.05) is 0 Å². The number of hydrogen-bond donors (Lipinski definition) is 1. The van der Waals surface area contributed by atoms with E-state index in [-0.39, 0.29) is 5.92 Å². The van der Waals surface area contributed by atoms with Gasteiger partial charge in [0.15, 0.2) is 0 Å². The molecule has 0 spiro atoms. The minimum atomic E-state index is -0.515. The van der Waals surface area contributed by atoms with Crippen LogP contribution in [0.3, 0.4) is 0 Å². The van der Waals surface area contributed by atoms with Gasteiger partial charge in [0.2, 0.25) is 0 Å². The highest BCUT2D eigenvalue weighted by molar-refractivity contribution is 5.72. The number of carbonyl (C=O) groups is 1. The van der Waals surface area contributed by atoms with Crippen LogP contribution in [0.2, 0.25) is 0 Å². The van der Waals surface area contributed by atoms with Gasteiger partial charge in [-0.05, 0) is 48.3 Å². The lowest BCUT2D eigenvalue weighted by molar-refractivity contribution is -0.143. The summed E-state index contributed by atoms with van der Waals surface area (Å²) in [5.41, 5.74) is 0. The maximum Gasteiger partial charge on any atom is 0.306 e. The molecule has 5 fully saturated rings. The fourth-order valence-corrected chi connectivity index (χ4v) is 5.00. The molecular formula is C10H12O2. The molecule has 6 bridgehead atoms. The second-order valence-electron chi connectivity index (χ2n) is 5.14. The van der Waals surface area contributed by atoms with Gasteiger partial charge < -0.3 is 5.11 Å². The Hall–Kier alpha value is -0.530. The second-order valence-corrected chi connectivity index (χ2v) is 5.14. The van der Waals surface area contributed by atoms with Crippen molar-refractivity contribution in [1.29, 1.82) is 0 Å².